The molecule has 1 amide bonds. The molecule has 0 aliphatic carbocycles. The lowest BCUT2D eigenvalue weighted by molar-refractivity contribution is -0.385. The van der Waals surface area contributed by atoms with Crippen molar-refractivity contribution >= 4 is 32.5 Å². The first-order valence-corrected chi connectivity index (χ1v) is 11.5. The van der Waals surface area contributed by atoms with Gasteiger partial charge in [0.05, 0.1) is 10.4 Å². The monoisotopic (exact) mass is 454 g/mol. The van der Waals surface area contributed by atoms with Crippen LogP contribution in [-0.4, -0.2) is 59.6 Å². The second-order valence-corrected chi connectivity index (χ2v) is 9.70. The fourth-order valence-corrected chi connectivity index (χ4v) is 5.49. The molecule has 0 atom stereocenters. The van der Waals surface area contributed by atoms with Crippen LogP contribution in [0.2, 0.25) is 0 Å². The van der Waals surface area contributed by atoms with E-state index in [1.807, 2.05) is 19.1 Å². The summed E-state index contributed by atoms with van der Waals surface area (Å²) in [6.07, 6.45) is 1.64. The smallest absolute Gasteiger partial charge is 0.272 e. The van der Waals surface area contributed by atoms with Gasteiger partial charge in [-0.25, -0.2) is 8.42 Å². The number of aryl methyl sites for hydroxylation is 2. The number of rotatable bonds is 4. The number of para-hydroxylation sites is 1. The van der Waals surface area contributed by atoms with Crippen LogP contribution in [-0.2, 0) is 10.0 Å². The Labute approximate surface area is 185 Å². The Morgan fingerprint density at radius 3 is 2.44 bits per heavy atom. The number of sulfonamides is 1. The van der Waals surface area contributed by atoms with E-state index >= 15 is 0 Å². The number of aromatic nitrogens is 1. The molecule has 2 heterocycles. The van der Waals surface area contributed by atoms with E-state index in [2.05, 4.69) is 4.98 Å². The van der Waals surface area contributed by atoms with E-state index < -0.39 is 14.9 Å². The summed E-state index contributed by atoms with van der Waals surface area (Å²) in [6.45, 7) is 4.25. The molecule has 0 spiro atoms. The number of hydrogen-bond acceptors (Lipinski definition) is 6. The quantitative estimate of drug-likeness (QED) is 0.442. The van der Waals surface area contributed by atoms with Gasteiger partial charge in [0.15, 0.2) is 0 Å². The number of hydrogen-bond donors (Lipinski definition) is 0. The lowest BCUT2D eigenvalue weighted by Crippen LogP contribution is -2.50. The Hall–Kier alpha value is -3.37. The number of nitro groups is 1. The van der Waals surface area contributed by atoms with Gasteiger partial charge in [0.25, 0.3) is 11.6 Å². The fraction of sp³-hybridized carbons (Fsp3) is 0.273. The van der Waals surface area contributed by atoms with Gasteiger partial charge in [0, 0.05) is 55.0 Å². The van der Waals surface area contributed by atoms with Crippen molar-refractivity contribution in [2.45, 2.75) is 18.7 Å². The Morgan fingerprint density at radius 1 is 1.06 bits per heavy atom. The number of piperazine rings is 1. The van der Waals surface area contributed by atoms with Gasteiger partial charge in [-0.2, -0.15) is 4.31 Å². The molecule has 1 fully saturated rings. The van der Waals surface area contributed by atoms with E-state index in [4.69, 9.17) is 0 Å². The molecule has 0 bridgehead atoms. The number of nitro benzene ring substituents is 1. The summed E-state index contributed by atoms with van der Waals surface area (Å²) in [4.78, 5) is 29.4. The minimum absolute atomic E-state index is 0.0450. The molecular formula is C22H22N4O5S. The topological polar surface area (TPSA) is 114 Å². The molecule has 0 saturated carbocycles. The third-order valence-electron chi connectivity index (χ3n) is 5.59. The average Bonchev–Trinajstić information content (AvgIpc) is 2.77. The lowest BCUT2D eigenvalue weighted by atomic mass is 10.1. The number of fused-ring (bicyclic) bond motifs is 1. The number of carbonyl (C=O) groups is 1. The highest BCUT2D eigenvalue weighted by Gasteiger charge is 2.32. The highest BCUT2D eigenvalue weighted by molar-refractivity contribution is 7.89. The second-order valence-electron chi connectivity index (χ2n) is 7.80. The summed E-state index contributed by atoms with van der Waals surface area (Å²) in [5.74, 6) is -0.276. The van der Waals surface area contributed by atoms with Crippen LogP contribution >= 0.6 is 0 Å². The number of nitrogens with zero attached hydrogens (tertiary/aromatic N) is 4. The molecule has 4 rings (SSSR count). The molecule has 2 aromatic carbocycles. The van der Waals surface area contributed by atoms with Gasteiger partial charge in [0.1, 0.15) is 4.90 Å². The first kappa shape index (κ1) is 21.8. The molecule has 0 N–H and O–H groups in total. The summed E-state index contributed by atoms with van der Waals surface area (Å²) < 4.78 is 28.0. The van der Waals surface area contributed by atoms with Crippen molar-refractivity contribution < 1.29 is 18.1 Å². The first-order chi connectivity index (χ1) is 15.2. The summed E-state index contributed by atoms with van der Waals surface area (Å²) in [7, 11) is -3.78. The van der Waals surface area contributed by atoms with Crippen molar-refractivity contribution in [3.05, 3.63) is 75.5 Å². The van der Waals surface area contributed by atoms with Gasteiger partial charge in [-0.05, 0) is 43.7 Å². The summed E-state index contributed by atoms with van der Waals surface area (Å²) >= 11 is 0. The number of amides is 1. The van der Waals surface area contributed by atoms with Crippen molar-refractivity contribution in [1.82, 2.24) is 14.2 Å². The van der Waals surface area contributed by atoms with E-state index in [1.54, 1.807) is 30.2 Å². The third kappa shape index (κ3) is 3.94. The number of pyridine rings is 1. The maximum absolute atomic E-state index is 13.3. The van der Waals surface area contributed by atoms with Crippen LogP contribution in [0.15, 0.2) is 53.6 Å². The standard InChI is InChI=1S/C22H22N4O5S/c1-15-12-17-4-3-5-20(21(17)23-14-15)32(30,31)25-10-8-24(9-11-25)22(27)18-6-7-19(26(28)29)16(2)13-18/h3-7,12-14H,8-11H2,1-2H3. The molecule has 32 heavy (non-hydrogen) atoms. The van der Waals surface area contributed by atoms with Gasteiger partial charge < -0.3 is 4.90 Å². The molecule has 1 aromatic heterocycles. The van der Waals surface area contributed by atoms with Crippen LogP contribution in [0.5, 0.6) is 0 Å². The van der Waals surface area contributed by atoms with Gasteiger partial charge in [0.2, 0.25) is 10.0 Å². The molecule has 10 heteroatoms. The summed E-state index contributed by atoms with van der Waals surface area (Å²) in [5, 5.41) is 11.8. The van der Waals surface area contributed by atoms with Crippen molar-refractivity contribution in [2.24, 2.45) is 0 Å². The van der Waals surface area contributed by atoms with Crippen molar-refractivity contribution in [3.8, 4) is 0 Å². The minimum Gasteiger partial charge on any atom is -0.336 e. The van der Waals surface area contributed by atoms with Gasteiger partial charge in [-0.3, -0.25) is 19.9 Å². The number of carbonyl (C=O) groups excluding carboxylic acids is 1. The van der Waals surface area contributed by atoms with Crippen LogP contribution in [0.25, 0.3) is 10.9 Å². The average molecular weight is 455 g/mol. The van der Waals surface area contributed by atoms with E-state index in [1.165, 1.54) is 22.5 Å². The zero-order valence-corrected chi connectivity index (χ0v) is 18.5. The predicted molar refractivity (Wildman–Crippen MR) is 119 cm³/mol. The highest BCUT2D eigenvalue weighted by Crippen LogP contribution is 2.26. The zero-order valence-electron chi connectivity index (χ0n) is 17.7. The van der Waals surface area contributed by atoms with E-state index in [-0.39, 0.29) is 42.7 Å². The van der Waals surface area contributed by atoms with Crippen molar-refractivity contribution in [2.75, 3.05) is 26.2 Å². The normalized spacial score (nSPS) is 15.1. The maximum atomic E-state index is 13.3. The molecule has 1 aliphatic rings. The fourth-order valence-electron chi connectivity index (χ4n) is 3.90. The zero-order chi connectivity index (χ0) is 23.0. The highest BCUT2D eigenvalue weighted by atomic mass is 32.2. The molecule has 166 valence electrons. The minimum atomic E-state index is -3.78. The van der Waals surface area contributed by atoms with Crippen molar-refractivity contribution in [1.29, 1.82) is 0 Å². The van der Waals surface area contributed by atoms with Crippen LogP contribution in [0, 0.1) is 24.0 Å². The second kappa shape index (κ2) is 8.29. The Balaban J connectivity index is 1.52. The summed E-state index contributed by atoms with van der Waals surface area (Å²) in [6, 6.07) is 11.2. The molecule has 1 saturated heterocycles. The molecule has 0 radical (unpaired) electrons. The Kier molecular flexibility index (Phi) is 5.66. The van der Waals surface area contributed by atoms with Gasteiger partial charge >= 0.3 is 0 Å². The molecule has 1 aliphatic heterocycles. The van der Waals surface area contributed by atoms with Crippen LogP contribution in [0.1, 0.15) is 21.5 Å². The SMILES string of the molecule is Cc1cnc2c(S(=O)(=O)N3CCN(C(=O)c4ccc([N+](=O)[O-])c(C)c4)CC3)cccc2c1. The van der Waals surface area contributed by atoms with Crippen molar-refractivity contribution in [3.63, 3.8) is 0 Å². The van der Waals surface area contributed by atoms with Crippen LogP contribution in [0.4, 0.5) is 5.69 Å². The summed E-state index contributed by atoms with van der Waals surface area (Å²) in [5.41, 5.74) is 2.08. The molecular weight excluding hydrogens is 432 g/mol. The van der Waals surface area contributed by atoms with E-state index in [0.29, 0.717) is 16.6 Å². The van der Waals surface area contributed by atoms with E-state index in [9.17, 15) is 23.3 Å². The Bertz CT molecular complexity index is 1330. The third-order valence-corrected chi connectivity index (χ3v) is 7.53. The van der Waals surface area contributed by atoms with E-state index in [0.717, 1.165) is 10.9 Å². The van der Waals surface area contributed by atoms with Gasteiger partial charge in [-0.15, -0.1) is 0 Å². The molecule has 3 aromatic rings. The lowest BCUT2D eigenvalue weighted by Gasteiger charge is -2.34. The maximum Gasteiger partial charge on any atom is 0.272 e. The van der Waals surface area contributed by atoms with Crippen LogP contribution in [0.3, 0.4) is 0 Å². The first-order valence-electron chi connectivity index (χ1n) is 10.1. The molecule has 9 nitrogen and oxygen atoms in total. The Morgan fingerprint density at radius 2 is 1.78 bits per heavy atom. The van der Waals surface area contributed by atoms with Gasteiger partial charge in [-0.1, -0.05) is 12.1 Å². The largest absolute Gasteiger partial charge is 0.336 e. The predicted octanol–water partition coefficient (Wildman–Crippen LogP) is 2.91. The van der Waals surface area contributed by atoms with Crippen LogP contribution < -0.4 is 0 Å². The number of benzene rings is 2. The molecule has 0 unspecified atom stereocenters.